The second-order valence-electron chi connectivity index (χ2n) is 6.95. The first-order chi connectivity index (χ1) is 12.3. The molecule has 2 rings (SSSR count). The van der Waals surface area contributed by atoms with Crippen LogP contribution in [0.15, 0.2) is 41.8 Å². The number of para-hydroxylation sites is 1. The number of carbonyl (C=O) groups is 2. The molecule has 0 saturated heterocycles. The molecule has 0 aliphatic rings. The molecule has 0 radical (unpaired) electrons. The van der Waals surface area contributed by atoms with Crippen LogP contribution in [0.4, 0.5) is 0 Å². The van der Waals surface area contributed by atoms with E-state index in [1.165, 1.54) is 18.4 Å². The normalized spacial score (nSPS) is 12.3. The van der Waals surface area contributed by atoms with Crippen molar-refractivity contribution in [1.29, 1.82) is 0 Å². The maximum absolute atomic E-state index is 12.4. The smallest absolute Gasteiger partial charge is 0.307 e. The Bertz CT molecular complexity index is 735. The van der Waals surface area contributed by atoms with E-state index < -0.39 is 6.04 Å². The van der Waals surface area contributed by atoms with Gasteiger partial charge in [0, 0.05) is 4.88 Å². The van der Waals surface area contributed by atoms with E-state index in [2.05, 4.69) is 26.1 Å². The fourth-order valence-electron chi connectivity index (χ4n) is 2.55. The van der Waals surface area contributed by atoms with Gasteiger partial charge in [0.2, 0.25) is 0 Å². The average Bonchev–Trinajstić information content (AvgIpc) is 3.13. The van der Waals surface area contributed by atoms with E-state index in [9.17, 15) is 9.59 Å². The second-order valence-corrected chi connectivity index (χ2v) is 7.93. The molecule has 2 aromatic rings. The van der Waals surface area contributed by atoms with Crippen molar-refractivity contribution in [2.75, 3.05) is 13.7 Å². The average molecular weight is 375 g/mol. The molecule has 1 unspecified atom stereocenters. The topological polar surface area (TPSA) is 64.6 Å². The van der Waals surface area contributed by atoms with Crippen LogP contribution in [0.25, 0.3) is 0 Å². The van der Waals surface area contributed by atoms with Gasteiger partial charge in [0.1, 0.15) is 5.75 Å². The molecule has 5 nitrogen and oxygen atoms in total. The molecule has 1 N–H and O–H groups in total. The van der Waals surface area contributed by atoms with E-state index in [0.29, 0.717) is 5.75 Å². The Morgan fingerprint density at radius 3 is 2.50 bits per heavy atom. The summed E-state index contributed by atoms with van der Waals surface area (Å²) in [4.78, 5) is 24.9. The van der Waals surface area contributed by atoms with E-state index in [1.807, 2.05) is 41.8 Å². The lowest BCUT2D eigenvalue weighted by molar-refractivity contribution is -0.141. The summed E-state index contributed by atoms with van der Waals surface area (Å²) in [6, 6.07) is 11.0. The third kappa shape index (κ3) is 5.59. The van der Waals surface area contributed by atoms with Gasteiger partial charge >= 0.3 is 5.97 Å². The standard InChI is InChI=1S/C20H25NO4S/c1-20(2,3)14-8-5-6-9-16(14)25-13-18(22)21-15(12-19(23)24-4)17-10-7-11-26-17/h5-11,15H,12-13H2,1-4H3,(H,21,22). The number of ether oxygens (including phenoxy) is 2. The highest BCUT2D eigenvalue weighted by Gasteiger charge is 2.22. The molecule has 0 fully saturated rings. The molecular formula is C20H25NO4S. The molecule has 1 aromatic carbocycles. The third-order valence-electron chi connectivity index (χ3n) is 3.87. The van der Waals surface area contributed by atoms with Gasteiger partial charge in [-0.15, -0.1) is 11.3 Å². The predicted octanol–water partition coefficient (Wildman–Crippen LogP) is 3.85. The molecule has 140 valence electrons. The lowest BCUT2D eigenvalue weighted by atomic mass is 9.86. The summed E-state index contributed by atoms with van der Waals surface area (Å²) in [5.74, 6) is 0.0366. The number of thiophene rings is 1. The summed E-state index contributed by atoms with van der Waals surface area (Å²) in [5, 5.41) is 4.76. The Labute approximate surface area is 158 Å². The molecule has 1 heterocycles. The molecule has 6 heteroatoms. The summed E-state index contributed by atoms with van der Waals surface area (Å²) in [7, 11) is 1.34. The lowest BCUT2D eigenvalue weighted by Crippen LogP contribution is -2.34. The lowest BCUT2D eigenvalue weighted by Gasteiger charge is -2.23. The molecule has 0 aliphatic heterocycles. The van der Waals surface area contributed by atoms with E-state index in [4.69, 9.17) is 9.47 Å². The third-order valence-corrected chi connectivity index (χ3v) is 4.86. The van der Waals surface area contributed by atoms with Gasteiger partial charge in [-0.25, -0.2) is 0 Å². The summed E-state index contributed by atoms with van der Waals surface area (Å²) in [6.07, 6.45) is 0.0847. The van der Waals surface area contributed by atoms with Crippen LogP contribution in [-0.4, -0.2) is 25.6 Å². The van der Waals surface area contributed by atoms with Crippen LogP contribution in [-0.2, 0) is 19.7 Å². The zero-order valence-corrected chi connectivity index (χ0v) is 16.4. The highest BCUT2D eigenvalue weighted by atomic mass is 32.1. The Morgan fingerprint density at radius 1 is 1.15 bits per heavy atom. The van der Waals surface area contributed by atoms with E-state index >= 15 is 0 Å². The Morgan fingerprint density at radius 2 is 1.88 bits per heavy atom. The first kappa shape index (κ1) is 20.0. The molecule has 1 amide bonds. The van der Waals surface area contributed by atoms with E-state index in [0.717, 1.165) is 10.4 Å². The van der Waals surface area contributed by atoms with Crippen molar-refractivity contribution < 1.29 is 19.1 Å². The summed E-state index contributed by atoms with van der Waals surface area (Å²) in [5.41, 5.74) is 0.953. The van der Waals surface area contributed by atoms with Gasteiger partial charge in [0.25, 0.3) is 5.91 Å². The van der Waals surface area contributed by atoms with Crippen molar-refractivity contribution in [2.45, 2.75) is 38.6 Å². The van der Waals surface area contributed by atoms with Gasteiger partial charge in [0.05, 0.1) is 19.6 Å². The zero-order valence-electron chi connectivity index (χ0n) is 15.6. The van der Waals surface area contributed by atoms with Crippen LogP contribution in [0.3, 0.4) is 0 Å². The van der Waals surface area contributed by atoms with Crippen molar-refractivity contribution in [1.82, 2.24) is 5.32 Å². The summed E-state index contributed by atoms with van der Waals surface area (Å²) < 4.78 is 10.5. The maximum atomic E-state index is 12.4. The molecule has 1 atom stereocenters. The van der Waals surface area contributed by atoms with Crippen LogP contribution in [0.1, 0.15) is 43.7 Å². The minimum Gasteiger partial charge on any atom is -0.483 e. The highest BCUT2D eigenvalue weighted by molar-refractivity contribution is 7.10. The van der Waals surface area contributed by atoms with Gasteiger partial charge in [-0.1, -0.05) is 45.0 Å². The number of benzene rings is 1. The largest absolute Gasteiger partial charge is 0.483 e. The number of nitrogens with one attached hydrogen (secondary N) is 1. The number of rotatable bonds is 7. The van der Waals surface area contributed by atoms with Gasteiger partial charge in [-0.2, -0.15) is 0 Å². The van der Waals surface area contributed by atoms with Crippen LogP contribution < -0.4 is 10.1 Å². The van der Waals surface area contributed by atoms with Crippen LogP contribution in [0.2, 0.25) is 0 Å². The van der Waals surface area contributed by atoms with Crippen LogP contribution >= 0.6 is 11.3 Å². The van der Waals surface area contributed by atoms with E-state index in [1.54, 1.807) is 0 Å². The first-order valence-electron chi connectivity index (χ1n) is 8.43. The Balaban J connectivity index is 2.02. The fraction of sp³-hybridized carbons (Fsp3) is 0.400. The Hall–Kier alpha value is -2.34. The number of methoxy groups -OCH3 is 1. The van der Waals surface area contributed by atoms with Crippen LogP contribution in [0.5, 0.6) is 5.75 Å². The summed E-state index contributed by atoms with van der Waals surface area (Å²) in [6.45, 7) is 6.17. The van der Waals surface area contributed by atoms with Crippen molar-refractivity contribution in [3.63, 3.8) is 0 Å². The quantitative estimate of drug-likeness (QED) is 0.747. The van der Waals surface area contributed by atoms with E-state index in [-0.39, 0.29) is 30.3 Å². The number of hydrogen-bond acceptors (Lipinski definition) is 5. The second kappa shape index (κ2) is 8.85. The van der Waals surface area contributed by atoms with Gasteiger partial charge < -0.3 is 14.8 Å². The minimum absolute atomic E-state index is 0.0847. The molecule has 1 aromatic heterocycles. The monoisotopic (exact) mass is 375 g/mol. The van der Waals surface area contributed by atoms with Crippen molar-refractivity contribution in [3.05, 3.63) is 52.2 Å². The number of amides is 1. The van der Waals surface area contributed by atoms with Crippen molar-refractivity contribution in [2.24, 2.45) is 0 Å². The highest BCUT2D eigenvalue weighted by Crippen LogP contribution is 2.31. The predicted molar refractivity (Wildman–Crippen MR) is 102 cm³/mol. The molecule has 0 spiro atoms. The first-order valence-corrected chi connectivity index (χ1v) is 9.31. The van der Waals surface area contributed by atoms with Crippen molar-refractivity contribution in [3.8, 4) is 5.75 Å². The van der Waals surface area contributed by atoms with Crippen molar-refractivity contribution >= 4 is 23.2 Å². The maximum Gasteiger partial charge on any atom is 0.307 e. The SMILES string of the molecule is COC(=O)CC(NC(=O)COc1ccccc1C(C)(C)C)c1cccs1. The Kier molecular flexibility index (Phi) is 6.80. The molecule has 0 saturated carbocycles. The molecule has 0 bridgehead atoms. The molecule has 0 aliphatic carbocycles. The molecule has 26 heavy (non-hydrogen) atoms. The van der Waals surface area contributed by atoms with Gasteiger partial charge in [-0.05, 0) is 28.5 Å². The zero-order chi connectivity index (χ0) is 19.2. The summed E-state index contributed by atoms with van der Waals surface area (Å²) >= 11 is 1.48. The van der Waals surface area contributed by atoms with Gasteiger partial charge in [-0.3, -0.25) is 9.59 Å². The van der Waals surface area contributed by atoms with Crippen LogP contribution in [0, 0.1) is 0 Å². The fourth-order valence-corrected chi connectivity index (χ4v) is 3.33. The number of carbonyl (C=O) groups excluding carboxylic acids is 2. The van der Waals surface area contributed by atoms with Gasteiger partial charge in [0.15, 0.2) is 6.61 Å². The number of hydrogen-bond donors (Lipinski definition) is 1. The minimum atomic E-state index is -0.420. The molecular weight excluding hydrogens is 350 g/mol. The number of esters is 1.